The number of nitrogens with one attached hydrogen (secondary N) is 2. The van der Waals surface area contributed by atoms with Crippen molar-refractivity contribution in [3.63, 3.8) is 0 Å². The van der Waals surface area contributed by atoms with Crippen LogP contribution >= 0.6 is 0 Å². The number of hydrogen-bond acceptors (Lipinski definition) is 5. The van der Waals surface area contributed by atoms with Crippen LogP contribution in [0.1, 0.15) is 18.4 Å². The van der Waals surface area contributed by atoms with Gasteiger partial charge in [0.2, 0.25) is 10.0 Å². The van der Waals surface area contributed by atoms with Gasteiger partial charge in [-0.3, -0.25) is 0 Å². The Kier molecular flexibility index (Phi) is 5.84. The van der Waals surface area contributed by atoms with Crippen LogP contribution in [0.2, 0.25) is 0 Å². The molecule has 3 rings (SSSR count). The zero-order valence-electron chi connectivity index (χ0n) is 14.3. The second-order valence-electron chi connectivity index (χ2n) is 6.10. The topological polar surface area (TPSA) is 109 Å². The van der Waals surface area contributed by atoms with E-state index in [1.807, 2.05) is 18.2 Å². The van der Waals surface area contributed by atoms with Gasteiger partial charge in [0.1, 0.15) is 12.7 Å². The Morgan fingerprint density at radius 3 is 2.77 bits per heavy atom. The molecule has 1 aromatic heterocycles. The maximum absolute atomic E-state index is 12.1. The lowest BCUT2D eigenvalue weighted by molar-refractivity contribution is 0.252. The molecular formula is C16H22N6O3S. The number of nitrogens with zero attached hydrogens (tertiary/aromatic N) is 4. The first-order chi connectivity index (χ1) is 12.5. The van der Waals surface area contributed by atoms with Crippen molar-refractivity contribution in [1.29, 1.82) is 0 Å². The van der Waals surface area contributed by atoms with E-state index in [4.69, 9.17) is 0 Å². The van der Waals surface area contributed by atoms with Crippen molar-refractivity contribution < 1.29 is 13.2 Å². The number of hydrogen-bond donors (Lipinski definition) is 2. The van der Waals surface area contributed by atoms with Crippen LogP contribution in [0.3, 0.4) is 0 Å². The van der Waals surface area contributed by atoms with Gasteiger partial charge in [-0.15, -0.1) is 0 Å². The fourth-order valence-corrected chi connectivity index (χ4v) is 4.25. The summed E-state index contributed by atoms with van der Waals surface area (Å²) in [6.07, 6.45) is 4.88. The Morgan fingerprint density at radius 2 is 2.04 bits per heavy atom. The van der Waals surface area contributed by atoms with E-state index in [1.165, 1.54) is 10.6 Å². The molecule has 0 aliphatic carbocycles. The molecule has 0 spiro atoms. The third-order valence-corrected chi connectivity index (χ3v) is 5.97. The van der Waals surface area contributed by atoms with Gasteiger partial charge in [-0.1, -0.05) is 12.1 Å². The number of carbonyl (C=O) groups excluding carboxylic acids is 1. The molecule has 2 heterocycles. The number of anilines is 1. The molecule has 0 bridgehead atoms. The van der Waals surface area contributed by atoms with E-state index in [1.54, 1.807) is 17.1 Å². The van der Waals surface area contributed by atoms with Crippen molar-refractivity contribution in [2.45, 2.75) is 19.4 Å². The smallest absolute Gasteiger partial charge is 0.319 e. The summed E-state index contributed by atoms with van der Waals surface area (Å²) in [5.74, 6) is -0.0905. The number of carbonyl (C=O) groups is 1. The summed E-state index contributed by atoms with van der Waals surface area (Å²) in [4.78, 5) is 15.9. The fraction of sp³-hybridized carbons (Fsp3) is 0.438. The van der Waals surface area contributed by atoms with Crippen molar-refractivity contribution >= 4 is 21.7 Å². The monoisotopic (exact) mass is 378 g/mol. The van der Waals surface area contributed by atoms with Gasteiger partial charge in [-0.05, 0) is 30.5 Å². The number of urea groups is 1. The van der Waals surface area contributed by atoms with E-state index < -0.39 is 16.1 Å². The average molecular weight is 378 g/mol. The molecule has 1 aliphatic heterocycles. The highest BCUT2D eigenvalue weighted by Gasteiger charge is 2.24. The first-order valence-electron chi connectivity index (χ1n) is 8.47. The summed E-state index contributed by atoms with van der Waals surface area (Å²) in [6.45, 7) is 1.77. The summed E-state index contributed by atoms with van der Waals surface area (Å²) in [5.41, 5.74) is 1.59. The SMILES string of the molecule is O=C(NCCS(=O)(=O)N1CCCC1)Nc1cccc(Cn2cncn2)c1. The highest BCUT2D eigenvalue weighted by atomic mass is 32.2. The van der Waals surface area contributed by atoms with E-state index in [9.17, 15) is 13.2 Å². The van der Waals surface area contributed by atoms with Crippen LogP contribution in [0.25, 0.3) is 0 Å². The summed E-state index contributed by atoms with van der Waals surface area (Å²) in [5, 5.41) is 9.35. The van der Waals surface area contributed by atoms with Crippen LogP contribution in [-0.4, -0.2) is 58.9 Å². The quantitative estimate of drug-likeness (QED) is 0.743. The zero-order valence-corrected chi connectivity index (χ0v) is 15.2. The van der Waals surface area contributed by atoms with Crippen LogP contribution in [0.4, 0.5) is 10.5 Å². The molecule has 1 fully saturated rings. The maximum Gasteiger partial charge on any atom is 0.319 e. The molecule has 2 N–H and O–H groups in total. The minimum atomic E-state index is -3.29. The first kappa shape index (κ1) is 18.3. The number of sulfonamides is 1. The van der Waals surface area contributed by atoms with Crippen LogP contribution < -0.4 is 10.6 Å². The normalized spacial score (nSPS) is 15.1. The van der Waals surface area contributed by atoms with Crippen molar-refractivity contribution in [2.24, 2.45) is 0 Å². The molecule has 1 aromatic carbocycles. The summed E-state index contributed by atoms with van der Waals surface area (Å²) in [6, 6.07) is 6.93. The molecule has 1 aliphatic rings. The second-order valence-corrected chi connectivity index (χ2v) is 8.18. The fourth-order valence-electron chi connectivity index (χ4n) is 2.81. The van der Waals surface area contributed by atoms with Crippen molar-refractivity contribution in [1.82, 2.24) is 24.4 Å². The minimum absolute atomic E-state index is 0.0727. The molecule has 140 valence electrons. The molecule has 1 saturated heterocycles. The van der Waals surface area contributed by atoms with Crippen LogP contribution in [0, 0.1) is 0 Å². The molecule has 0 radical (unpaired) electrons. The van der Waals surface area contributed by atoms with Gasteiger partial charge in [0.25, 0.3) is 0 Å². The number of aromatic nitrogens is 3. The van der Waals surface area contributed by atoms with Gasteiger partial charge >= 0.3 is 6.03 Å². The molecule has 26 heavy (non-hydrogen) atoms. The Hall–Kier alpha value is -2.46. The molecule has 0 atom stereocenters. The van der Waals surface area contributed by atoms with E-state index in [2.05, 4.69) is 20.7 Å². The van der Waals surface area contributed by atoms with Crippen molar-refractivity contribution in [3.8, 4) is 0 Å². The lowest BCUT2D eigenvalue weighted by Gasteiger charge is -2.15. The molecule has 0 saturated carbocycles. The van der Waals surface area contributed by atoms with Gasteiger partial charge in [-0.25, -0.2) is 27.2 Å². The summed E-state index contributed by atoms with van der Waals surface area (Å²) < 4.78 is 27.4. The Morgan fingerprint density at radius 1 is 1.23 bits per heavy atom. The number of rotatable bonds is 7. The largest absolute Gasteiger partial charge is 0.337 e. The van der Waals surface area contributed by atoms with Gasteiger partial charge in [0.05, 0.1) is 12.3 Å². The van der Waals surface area contributed by atoms with Crippen molar-refractivity contribution in [3.05, 3.63) is 42.5 Å². The predicted molar refractivity (Wildman–Crippen MR) is 97.2 cm³/mol. The Balaban J connectivity index is 1.47. The van der Waals surface area contributed by atoms with Gasteiger partial charge in [-0.2, -0.15) is 5.10 Å². The molecule has 2 aromatic rings. The standard InChI is InChI=1S/C16H22N6O3S/c23-16(18-6-9-26(24,25)22-7-1-2-8-22)20-15-5-3-4-14(10-15)11-21-13-17-12-19-21/h3-5,10,12-13H,1-2,6-9,11H2,(H2,18,20,23). The molecule has 10 heteroatoms. The van der Waals surface area contributed by atoms with Gasteiger partial charge in [0.15, 0.2) is 0 Å². The third-order valence-electron chi connectivity index (χ3n) is 4.10. The second kappa shape index (κ2) is 8.28. The summed E-state index contributed by atoms with van der Waals surface area (Å²) in [7, 11) is -3.29. The Bertz CT molecular complexity index is 831. The molecule has 0 unspecified atom stereocenters. The Labute approximate surface area is 152 Å². The zero-order chi connectivity index (χ0) is 18.4. The van der Waals surface area contributed by atoms with Crippen molar-refractivity contribution in [2.75, 3.05) is 30.7 Å². The highest BCUT2D eigenvalue weighted by molar-refractivity contribution is 7.89. The first-order valence-corrected chi connectivity index (χ1v) is 10.1. The third kappa shape index (κ3) is 5.02. The minimum Gasteiger partial charge on any atom is -0.337 e. The summed E-state index contributed by atoms with van der Waals surface area (Å²) >= 11 is 0. The molecule has 9 nitrogen and oxygen atoms in total. The van der Waals surface area contributed by atoms with Gasteiger partial charge in [0, 0.05) is 25.3 Å². The number of amides is 2. The van der Waals surface area contributed by atoms with Crippen LogP contribution in [0.5, 0.6) is 0 Å². The highest BCUT2D eigenvalue weighted by Crippen LogP contribution is 2.13. The number of benzene rings is 1. The lowest BCUT2D eigenvalue weighted by Crippen LogP contribution is -2.37. The lowest BCUT2D eigenvalue weighted by atomic mass is 10.2. The van der Waals surface area contributed by atoms with E-state index in [-0.39, 0.29) is 12.3 Å². The van der Waals surface area contributed by atoms with Crippen LogP contribution in [-0.2, 0) is 16.6 Å². The molecule has 2 amide bonds. The van der Waals surface area contributed by atoms with E-state index in [0.717, 1.165) is 18.4 Å². The maximum atomic E-state index is 12.1. The van der Waals surface area contributed by atoms with E-state index >= 15 is 0 Å². The van der Waals surface area contributed by atoms with E-state index in [0.29, 0.717) is 25.3 Å². The van der Waals surface area contributed by atoms with Gasteiger partial charge < -0.3 is 10.6 Å². The predicted octanol–water partition coefficient (Wildman–Crippen LogP) is 0.873. The molecular weight excluding hydrogens is 356 g/mol. The average Bonchev–Trinajstić information content (AvgIpc) is 3.29. The van der Waals surface area contributed by atoms with Crippen LogP contribution in [0.15, 0.2) is 36.9 Å².